The van der Waals surface area contributed by atoms with Gasteiger partial charge in [0.2, 0.25) is 17.7 Å². The number of ketones is 1. The van der Waals surface area contributed by atoms with Crippen LogP contribution in [0, 0.1) is 28.9 Å². The highest BCUT2D eigenvalue weighted by atomic mass is 32.2. The number of carbonyl (C=O) groups is 5. The van der Waals surface area contributed by atoms with Crippen molar-refractivity contribution >= 4 is 63.4 Å². The van der Waals surface area contributed by atoms with Gasteiger partial charge in [-0.1, -0.05) is 44.4 Å². The van der Waals surface area contributed by atoms with Crippen molar-refractivity contribution in [3.63, 3.8) is 0 Å². The van der Waals surface area contributed by atoms with Crippen LogP contribution < -0.4 is 21.3 Å². The van der Waals surface area contributed by atoms with Crippen LogP contribution in [0.4, 0.5) is 20.4 Å². The molecule has 2 aromatic carbocycles. The smallest absolute Gasteiger partial charge is 0.254 e. The third kappa shape index (κ3) is 13.5. The quantitative estimate of drug-likeness (QED) is 0.0673. The van der Waals surface area contributed by atoms with Crippen molar-refractivity contribution in [2.45, 2.75) is 153 Å². The summed E-state index contributed by atoms with van der Waals surface area (Å²) in [5, 5.41) is 22.0. The minimum Gasteiger partial charge on any atom is -0.381 e. The van der Waals surface area contributed by atoms with E-state index in [9.17, 15) is 38.0 Å². The third-order valence-electron chi connectivity index (χ3n) is 16.8. The first-order valence-corrected chi connectivity index (χ1v) is 29.8. The number of aliphatic imine (C=N–C) groups is 1. The molecule has 5 aliphatic heterocycles. The molecule has 0 radical (unpaired) electrons. The minimum atomic E-state index is -0.735. The molecule has 3 fully saturated rings. The van der Waals surface area contributed by atoms with Crippen LogP contribution >= 0.6 is 11.8 Å². The van der Waals surface area contributed by atoms with Crippen LogP contribution in [0.2, 0.25) is 0 Å². The fourth-order valence-electron chi connectivity index (χ4n) is 12.1. The van der Waals surface area contributed by atoms with Gasteiger partial charge in [0.05, 0.1) is 58.9 Å². The van der Waals surface area contributed by atoms with E-state index < -0.39 is 17.9 Å². The molecule has 0 spiro atoms. The fourth-order valence-corrected chi connectivity index (χ4v) is 13.4. The minimum absolute atomic E-state index is 0.0683. The molecular formula is C60H75F2N13O5S. The van der Waals surface area contributed by atoms with E-state index in [0.29, 0.717) is 117 Å². The van der Waals surface area contributed by atoms with Gasteiger partial charge in [0.15, 0.2) is 17.3 Å². The Morgan fingerprint density at radius 3 is 2.33 bits per heavy atom. The predicted octanol–water partition coefficient (Wildman–Crippen LogP) is 8.02. The number of thioether (sulfide) groups is 1. The maximum Gasteiger partial charge on any atom is 0.254 e. The van der Waals surface area contributed by atoms with E-state index in [0.717, 1.165) is 74.0 Å². The summed E-state index contributed by atoms with van der Waals surface area (Å²) in [6.07, 6.45) is 12.6. The lowest BCUT2D eigenvalue weighted by molar-refractivity contribution is -0.139. The van der Waals surface area contributed by atoms with E-state index in [1.165, 1.54) is 41.4 Å². The summed E-state index contributed by atoms with van der Waals surface area (Å²) in [5.41, 5.74) is 10.5. The number of unbranched alkanes of at least 4 members (excludes halogenated alkanes) is 5. The number of carbonyl (C=O) groups excluding carboxylic acids is 5. The first kappa shape index (κ1) is 58.6. The predicted molar refractivity (Wildman–Crippen MR) is 309 cm³/mol. The maximum atomic E-state index is 14.8. The number of nitrogens with zero attached hydrogens (tertiary/aromatic N) is 10. The first-order chi connectivity index (χ1) is 39.1. The number of aromatic nitrogens is 4. The number of likely N-dealkylation sites (tertiary alicyclic amines) is 2. The van der Waals surface area contributed by atoms with Crippen LogP contribution in [0.1, 0.15) is 149 Å². The van der Waals surface area contributed by atoms with E-state index >= 15 is 0 Å². The summed E-state index contributed by atoms with van der Waals surface area (Å²) in [4.78, 5) is 90.4. The van der Waals surface area contributed by atoms with Gasteiger partial charge in [0.1, 0.15) is 29.5 Å². The molecule has 4 N–H and O–H groups in total. The Morgan fingerprint density at radius 1 is 0.901 bits per heavy atom. The van der Waals surface area contributed by atoms with Gasteiger partial charge in [-0.25, -0.2) is 18.7 Å². The second kappa shape index (κ2) is 26.7. The molecule has 1 unspecified atom stereocenters. The van der Waals surface area contributed by atoms with Gasteiger partial charge in [-0.3, -0.25) is 33.6 Å². The number of halogens is 2. The van der Waals surface area contributed by atoms with E-state index in [2.05, 4.69) is 33.4 Å². The van der Waals surface area contributed by atoms with Crippen molar-refractivity contribution in [2.24, 2.45) is 10.9 Å². The van der Waals surface area contributed by atoms with Crippen LogP contribution in [-0.2, 0) is 32.3 Å². The number of nitrogen functional groups attached to an aromatic ring is 1. The second-order valence-corrected chi connectivity index (χ2v) is 23.2. The zero-order valence-electron chi connectivity index (χ0n) is 46.8. The van der Waals surface area contributed by atoms with Crippen LogP contribution in [0.25, 0.3) is 16.8 Å². The Hall–Kier alpha value is -7.05. The van der Waals surface area contributed by atoms with Gasteiger partial charge < -0.3 is 36.0 Å². The Balaban J connectivity index is 0.711. The van der Waals surface area contributed by atoms with E-state index in [4.69, 9.17) is 15.7 Å². The molecule has 3 saturated heterocycles. The molecule has 5 aliphatic rings. The molecule has 0 saturated carbocycles. The van der Waals surface area contributed by atoms with Crippen LogP contribution in [-0.4, -0.2) is 139 Å². The number of rotatable bonds is 21. The van der Waals surface area contributed by atoms with Crippen LogP contribution in [0.15, 0.2) is 60.2 Å². The van der Waals surface area contributed by atoms with Crippen molar-refractivity contribution in [1.29, 1.82) is 5.26 Å². The van der Waals surface area contributed by atoms with Crippen molar-refractivity contribution in [2.75, 3.05) is 56.7 Å². The van der Waals surface area contributed by atoms with Gasteiger partial charge in [-0.05, 0) is 125 Å². The van der Waals surface area contributed by atoms with Crippen molar-refractivity contribution in [3.05, 3.63) is 95.0 Å². The van der Waals surface area contributed by atoms with Crippen molar-refractivity contribution in [1.82, 2.24) is 45.1 Å². The van der Waals surface area contributed by atoms with Gasteiger partial charge in [-0.2, -0.15) is 10.4 Å². The molecule has 7 heterocycles. The molecule has 0 aliphatic carbocycles. The number of nitrogens with one attached hydrogen (secondary N) is 2. The first-order valence-electron chi connectivity index (χ1n) is 28.8. The zero-order valence-corrected chi connectivity index (χ0v) is 47.6. The molecule has 430 valence electrons. The highest BCUT2D eigenvalue weighted by Gasteiger charge is 2.43. The standard InChI is InChI=1S/C60H75F2N13O5S/c1-37(39-19-21-41(61)22-20-39)48-36-81-58(68-48)50-17-13-28-74(50)60(80)54(69-57(78)38(2)65-3)40-25-30-72(31-26-40)52(77)18-10-8-6-5-7-9-14-43(76)15-11-29-75-51-35-71(4)59(79)44-24-23-42(62)32-45(44)49-16-12-27-73(49)56-55(64)66-34-47(67-56)53(51)46(33-63)70-75/h19-24,32,34,38,40,48-50,54,65H,1,5-18,25-31,35-36H2,2-4H3,(H2,64,66)(H,69,78)/t38-,48?,49-,50-,54-/m1/s1. The number of hydrogen-bond donors (Lipinski definition) is 3. The summed E-state index contributed by atoms with van der Waals surface area (Å²) in [6.45, 7) is 8.59. The number of nitrogens with two attached hydrogens (primary N) is 1. The topological polar surface area (TPSA) is 228 Å². The van der Waals surface area contributed by atoms with Gasteiger partial charge in [0.25, 0.3) is 5.91 Å². The molecule has 5 atom stereocenters. The molecule has 4 amide bonds. The number of fused-ring (bicyclic) bond motifs is 8. The number of aryl methyl sites for hydroxylation is 1. The maximum absolute atomic E-state index is 14.8. The molecule has 4 aromatic rings. The van der Waals surface area contributed by atoms with Gasteiger partial charge in [-0.15, -0.1) is 11.8 Å². The number of piperidine rings is 1. The number of amides is 4. The Kier molecular flexibility index (Phi) is 19.3. The highest BCUT2D eigenvalue weighted by Crippen LogP contribution is 2.42. The van der Waals surface area contributed by atoms with E-state index in [1.54, 1.807) is 49.6 Å². The van der Waals surface area contributed by atoms with Crippen molar-refractivity contribution < 1.29 is 32.8 Å². The van der Waals surface area contributed by atoms with E-state index in [-0.39, 0.29) is 77.3 Å². The molecule has 81 heavy (non-hydrogen) atoms. The number of nitriles is 1. The monoisotopic (exact) mass is 1130 g/mol. The summed E-state index contributed by atoms with van der Waals surface area (Å²) in [6, 6.07) is 10.7. The number of anilines is 2. The molecule has 9 rings (SSSR count). The molecular weight excluding hydrogens is 1050 g/mol. The molecule has 2 aromatic heterocycles. The second-order valence-electron chi connectivity index (χ2n) is 22.2. The zero-order chi connectivity index (χ0) is 57.3. The number of benzene rings is 2. The summed E-state index contributed by atoms with van der Waals surface area (Å²) in [5.74, 6) is -0.0549. The number of likely N-dealkylation sites (N-methyl/N-ethyl adjacent to an activating group) is 1. The van der Waals surface area contributed by atoms with Crippen molar-refractivity contribution in [3.8, 4) is 17.3 Å². The third-order valence-corrected chi connectivity index (χ3v) is 18.0. The van der Waals surface area contributed by atoms with Gasteiger partial charge in [0, 0.05) is 70.4 Å². The fraction of sp³-hybridized carbons (Fsp3) is 0.533. The molecule has 21 heteroatoms. The largest absolute Gasteiger partial charge is 0.381 e. The summed E-state index contributed by atoms with van der Waals surface area (Å²) >= 11 is 1.63. The lowest BCUT2D eigenvalue weighted by atomic mass is 9.87. The lowest BCUT2D eigenvalue weighted by Gasteiger charge is -2.38. The Labute approximate surface area is 477 Å². The summed E-state index contributed by atoms with van der Waals surface area (Å²) in [7, 11) is 3.38. The Bertz CT molecular complexity index is 3060. The lowest BCUT2D eigenvalue weighted by Crippen LogP contribution is -2.58. The normalized spacial score (nSPS) is 19.9. The number of Topliss-reactive ketones (excluding diaryl/α,β-unsaturated/α-hetero) is 1. The van der Waals surface area contributed by atoms with Crippen LogP contribution in [0.3, 0.4) is 0 Å². The molecule has 18 nitrogen and oxygen atoms in total. The van der Waals surface area contributed by atoms with E-state index in [1.807, 2.05) is 14.7 Å². The Morgan fingerprint density at radius 2 is 1.59 bits per heavy atom. The highest BCUT2D eigenvalue weighted by molar-refractivity contribution is 8.14. The molecule has 2 bridgehead atoms. The van der Waals surface area contributed by atoms with Crippen LogP contribution in [0.5, 0.6) is 0 Å². The number of hydrogen-bond acceptors (Lipinski definition) is 14. The SMILES string of the molecule is C=C(c1ccc(F)cc1)C1CSC([C@H]2CCCN2C(=O)[C@H](NC(=O)[C@@H](C)NC)C2CCN(C(=O)CCCCCCCCC(=O)CCCn3nc(C#N)c4c3CN(C)C(=O)c3ccc(F)cc3[C@H]3CCCN3c3nc-4cnc3N)CC2)=N1. The summed E-state index contributed by atoms with van der Waals surface area (Å²) < 4.78 is 30.1. The average molecular weight is 1130 g/mol. The average Bonchev–Trinajstić information content (AvgIpc) is 4.34. The van der Waals surface area contributed by atoms with Gasteiger partial charge >= 0.3 is 0 Å².